The van der Waals surface area contributed by atoms with Crippen molar-refractivity contribution < 1.29 is 24.7 Å². The Morgan fingerprint density at radius 3 is 2.61 bits per heavy atom. The molecule has 0 aliphatic heterocycles. The second-order valence-corrected chi connectivity index (χ2v) is 4.95. The number of aromatic hydroxyl groups is 1. The first-order chi connectivity index (χ1) is 10.9. The van der Waals surface area contributed by atoms with E-state index in [1.54, 1.807) is 18.2 Å². The molecule has 2 aromatic rings. The van der Waals surface area contributed by atoms with E-state index < -0.39 is 16.8 Å². The van der Waals surface area contributed by atoms with E-state index in [0.717, 1.165) is 0 Å². The van der Waals surface area contributed by atoms with Crippen LogP contribution in [0.1, 0.15) is 17.0 Å². The fourth-order valence-corrected chi connectivity index (χ4v) is 2.33. The zero-order valence-corrected chi connectivity index (χ0v) is 12.3. The van der Waals surface area contributed by atoms with Gasteiger partial charge in [0.05, 0.1) is 18.0 Å². The lowest BCUT2D eigenvalue weighted by molar-refractivity contribution is -0.385. The predicted molar refractivity (Wildman–Crippen MR) is 81.8 cm³/mol. The number of nitro groups is 1. The van der Waals surface area contributed by atoms with Crippen LogP contribution in [0.4, 0.5) is 5.69 Å². The van der Waals surface area contributed by atoms with Crippen LogP contribution in [-0.4, -0.2) is 28.2 Å². The van der Waals surface area contributed by atoms with Gasteiger partial charge in [0.25, 0.3) is 0 Å². The Kier molecular flexibility index (Phi) is 4.80. The summed E-state index contributed by atoms with van der Waals surface area (Å²) in [5.41, 5.74) is 0.703. The molecule has 1 atom stereocenters. The largest absolute Gasteiger partial charge is 0.508 e. The van der Waals surface area contributed by atoms with Crippen LogP contribution in [0.15, 0.2) is 42.5 Å². The number of rotatable bonds is 6. The van der Waals surface area contributed by atoms with Crippen LogP contribution >= 0.6 is 0 Å². The monoisotopic (exact) mass is 317 g/mol. The fraction of sp³-hybridized carbons (Fsp3) is 0.188. The van der Waals surface area contributed by atoms with E-state index in [1.807, 2.05) is 0 Å². The molecule has 23 heavy (non-hydrogen) atoms. The molecule has 120 valence electrons. The molecule has 0 saturated heterocycles. The van der Waals surface area contributed by atoms with E-state index in [9.17, 15) is 25.1 Å². The van der Waals surface area contributed by atoms with Gasteiger partial charge in [-0.15, -0.1) is 0 Å². The molecule has 0 saturated carbocycles. The van der Waals surface area contributed by atoms with Crippen LogP contribution in [0.25, 0.3) is 0 Å². The molecular weight excluding hydrogens is 302 g/mol. The number of hydrogen-bond acceptors (Lipinski definition) is 5. The van der Waals surface area contributed by atoms with Gasteiger partial charge in [-0.3, -0.25) is 14.9 Å². The highest BCUT2D eigenvalue weighted by Gasteiger charge is 2.23. The summed E-state index contributed by atoms with van der Waals surface area (Å²) in [6.07, 6.45) is 0.0591. The number of methoxy groups -OCH3 is 1. The van der Waals surface area contributed by atoms with Gasteiger partial charge in [0.2, 0.25) is 0 Å². The molecule has 1 unspecified atom stereocenters. The molecule has 0 aliphatic rings. The van der Waals surface area contributed by atoms with Gasteiger partial charge in [0.1, 0.15) is 5.75 Å². The Balaban J connectivity index is 2.36. The van der Waals surface area contributed by atoms with Gasteiger partial charge in [-0.05, 0) is 35.7 Å². The van der Waals surface area contributed by atoms with Gasteiger partial charge in [-0.25, -0.2) is 0 Å². The van der Waals surface area contributed by atoms with Crippen molar-refractivity contribution in [1.82, 2.24) is 0 Å². The van der Waals surface area contributed by atoms with Gasteiger partial charge in [-0.2, -0.15) is 0 Å². The summed E-state index contributed by atoms with van der Waals surface area (Å²) in [6.45, 7) is 0. The molecular formula is C16H15NO6. The van der Waals surface area contributed by atoms with Crippen molar-refractivity contribution in [3.05, 3.63) is 63.7 Å². The summed E-state index contributed by atoms with van der Waals surface area (Å²) >= 11 is 0. The van der Waals surface area contributed by atoms with Crippen LogP contribution in [0.5, 0.6) is 11.5 Å². The number of nitrogens with zero attached hydrogens (tertiary/aromatic N) is 1. The van der Waals surface area contributed by atoms with Crippen LogP contribution < -0.4 is 4.74 Å². The van der Waals surface area contributed by atoms with Crippen molar-refractivity contribution in [2.45, 2.75) is 12.3 Å². The van der Waals surface area contributed by atoms with Crippen molar-refractivity contribution in [3.8, 4) is 11.5 Å². The molecule has 2 aromatic carbocycles. The maximum Gasteiger partial charge on any atom is 0.311 e. The first-order valence-corrected chi connectivity index (χ1v) is 6.75. The van der Waals surface area contributed by atoms with E-state index >= 15 is 0 Å². The molecule has 0 amide bonds. The third-order valence-electron chi connectivity index (χ3n) is 3.45. The number of benzene rings is 2. The Labute approximate surface area is 131 Å². The lowest BCUT2D eigenvalue weighted by Crippen LogP contribution is -2.14. The smallest absolute Gasteiger partial charge is 0.311 e. The number of carbonyl (C=O) groups is 1. The molecule has 7 heteroatoms. The number of carboxylic acids is 1. The summed E-state index contributed by atoms with van der Waals surface area (Å²) in [5.74, 6) is -1.92. The molecule has 0 fully saturated rings. The molecule has 0 radical (unpaired) electrons. The summed E-state index contributed by atoms with van der Waals surface area (Å²) in [6, 6.07) is 10.3. The van der Waals surface area contributed by atoms with Crippen LogP contribution in [0.2, 0.25) is 0 Å². The van der Waals surface area contributed by atoms with Gasteiger partial charge in [0.15, 0.2) is 5.75 Å². The molecule has 2 rings (SSSR count). The number of phenols is 1. The topological polar surface area (TPSA) is 110 Å². The van der Waals surface area contributed by atoms with E-state index in [1.165, 1.54) is 31.4 Å². The van der Waals surface area contributed by atoms with Crippen molar-refractivity contribution in [2.24, 2.45) is 0 Å². The standard InChI is InChI=1S/C16H15NO6/c1-23-15-6-5-10(8-14(15)17(21)22)7-13(16(19)20)11-3-2-4-12(18)9-11/h2-6,8-9,13,18H,7H2,1H3,(H,19,20). The fourth-order valence-electron chi connectivity index (χ4n) is 2.33. The van der Waals surface area contributed by atoms with Crippen molar-refractivity contribution in [1.29, 1.82) is 0 Å². The Morgan fingerprint density at radius 1 is 1.30 bits per heavy atom. The summed E-state index contributed by atoms with van der Waals surface area (Å²) < 4.78 is 4.92. The van der Waals surface area contributed by atoms with Crippen LogP contribution in [0, 0.1) is 10.1 Å². The third kappa shape index (κ3) is 3.76. The van der Waals surface area contributed by atoms with Gasteiger partial charge >= 0.3 is 11.7 Å². The van der Waals surface area contributed by atoms with Crippen molar-refractivity contribution >= 4 is 11.7 Å². The number of hydrogen-bond donors (Lipinski definition) is 2. The second-order valence-electron chi connectivity index (χ2n) is 4.95. The Hall–Kier alpha value is -3.09. The maximum absolute atomic E-state index is 11.5. The van der Waals surface area contributed by atoms with Crippen molar-refractivity contribution in [3.63, 3.8) is 0 Å². The lowest BCUT2D eigenvalue weighted by Gasteiger charge is -2.13. The molecule has 0 heterocycles. The van der Waals surface area contributed by atoms with E-state index in [2.05, 4.69) is 0 Å². The highest BCUT2D eigenvalue weighted by molar-refractivity contribution is 5.76. The zero-order chi connectivity index (χ0) is 17.0. The minimum atomic E-state index is -1.07. The minimum absolute atomic E-state index is 0.0329. The van der Waals surface area contributed by atoms with Crippen LogP contribution in [0.3, 0.4) is 0 Å². The molecule has 2 N–H and O–H groups in total. The lowest BCUT2D eigenvalue weighted by atomic mass is 9.91. The van der Waals surface area contributed by atoms with Crippen LogP contribution in [-0.2, 0) is 11.2 Å². The normalized spacial score (nSPS) is 11.7. The SMILES string of the molecule is COc1ccc(CC(C(=O)O)c2cccc(O)c2)cc1[N+](=O)[O-]. The number of phenolic OH excluding ortho intramolecular Hbond substituents is 1. The molecule has 0 aliphatic carbocycles. The highest BCUT2D eigenvalue weighted by Crippen LogP contribution is 2.30. The Morgan fingerprint density at radius 2 is 2.04 bits per heavy atom. The molecule has 7 nitrogen and oxygen atoms in total. The molecule has 0 bridgehead atoms. The highest BCUT2D eigenvalue weighted by atomic mass is 16.6. The van der Waals surface area contributed by atoms with Gasteiger partial charge in [0, 0.05) is 6.07 Å². The van der Waals surface area contributed by atoms with Gasteiger partial charge in [-0.1, -0.05) is 18.2 Å². The first kappa shape index (κ1) is 16.3. The number of carboxylic acid groups (broad SMARTS) is 1. The number of ether oxygens (including phenoxy) is 1. The summed E-state index contributed by atoms with van der Waals surface area (Å²) in [7, 11) is 1.33. The average Bonchev–Trinajstić information content (AvgIpc) is 2.52. The summed E-state index contributed by atoms with van der Waals surface area (Å²) in [5, 5.41) is 30.0. The van der Waals surface area contributed by atoms with Crippen molar-refractivity contribution in [2.75, 3.05) is 7.11 Å². The van der Waals surface area contributed by atoms with Gasteiger partial charge < -0.3 is 14.9 Å². The summed E-state index contributed by atoms with van der Waals surface area (Å²) in [4.78, 5) is 22.0. The van der Waals surface area contributed by atoms with E-state index in [-0.39, 0.29) is 23.6 Å². The predicted octanol–water partition coefficient (Wildman–Crippen LogP) is 2.72. The van der Waals surface area contributed by atoms with E-state index in [0.29, 0.717) is 11.1 Å². The van der Waals surface area contributed by atoms with E-state index in [4.69, 9.17) is 4.74 Å². The minimum Gasteiger partial charge on any atom is -0.508 e. The quantitative estimate of drug-likeness (QED) is 0.626. The number of nitro benzene ring substituents is 1. The second kappa shape index (κ2) is 6.78. The molecule has 0 spiro atoms. The maximum atomic E-state index is 11.5. The zero-order valence-electron chi connectivity index (χ0n) is 12.3. The average molecular weight is 317 g/mol. The Bertz CT molecular complexity index is 743. The number of aliphatic carboxylic acids is 1. The third-order valence-corrected chi connectivity index (χ3v) is 3.45. The molecule has 0 aromatic heterocycles. The first-order valence-electron chi connectivity index (χ1n) is 6.75.